The van der Waals surface area contributed by atoms with Crippen LogP contribution >= 0.6 is 22.6 Å². The van der Waals surface area contributed by atoms with Gasteiger partial charge in [0, 0.05) is 16.7 Å². The molecule has 0 aliphatic carbocycles. The number of nitrogens with one attached hydrogen (secondary N) is 1. The first-order valence-corrected chi connectivity index (χ1v) is 9.43. The van der Waals surface area contributed by atoms with Gasteiger partial charge in [-0.3, -0.25) is 4.79 Å². The zero-order valence-corrected chi connectivity index (χ0v) is 14.8. The lowest BCUT2D eigenvalue weighted by atomic mass is 10.2. The summed E-state index contributed by atoms with van der Waals surface area (Å²) in [6.07, 6.45) is -3.31. The zero-order valence-electron chi connectivity index (χ0n) is 11.9. The number of rotatable bonds is 4. The van der Waals surface area contributed by atoms with Crippen molar-refractivity contribution in [1.82, 2.24) is 4.31 Å². The Morgan fingerprint density at radius 3 is 2.39 bits per heavy atom. The van der Waals surface area contributed by atoms with Crippen LogP contribution < -0.4 is 5.32 Å². The second kappa shape index (κ2) is 6.93. The number of benzene rings is 1. The van der Waals surface area contributed by atoms with E-state index in [1.165, 1.54) is 22.5 Å². The van der Waals surface area contributed by atoms with Gasteiger partial charge in [0.05, 0.1) is 11.4 Å². The molecule has 0 spiro atoms. The van der Waals surface area contributed by atoms with Gasteiger partial charge in [0.25, 0.3) is 0 Å². The fraction of sp³-hybridized carbons (Fsp3) is 0.462. The summed E-state index contributed by atoms with van der Waals surface area (Å²) >= 11 is 1.76. The van der Waals surface area contributed by atoms with Crippen molar-refractivity contribution in [1.29, 1.82) is 0 Å². The maximum absolute atomic E-state index is 12.2. The predicted octanol–water partition coefficient (Wildman–Crippen LogP) is 2.72. The fourth-order valence-electron chi connectivity index (χ4n) is 2.21. The molecular weight excluding hydrogens is 448 g/mol. The maximum Gasteiger partial charge on any atom is 0.471 e. The third-order valence-electron chi connectivity index (χ3n) is 3.35. The molecule has 23 heavy (non-hydrogen) atoms. The van der Waals surface area contributed by atoms with E-state index in [2.05, 4.69) is 0 Å². The molecule has 10 heteroatoms. The minimum Gasteiger partial charge on any atom is -0.317 e. The number of anilines is 1. The van der Waals surface area contributed by atoms with E-state index in [-0.39, 0.29) is 11.4 Å². The van der Waals surface area contributed by atoms with Gasteiger partial charge in [-0.2, -0.15) is 13.2 Å². The molecule has 1 amide bonds. The van der Waals surface area contributed by atoms with Crippen molar-refractivity contribution >= 4 is 44.2 Å². The Morgan fingerprint density at radius 1 is 1.26 bits per heavy atom. The quantitative estimate of drug-likeness (QED) is 0.701. The molecule has 0 unspecified atom stereocenters. The van der Waals surface area contributed by atoms with Gasteiger partial charge in [-0.25, -0.2) is 12.7 Å². The summed E-state index contributed by atoms with van der Waals surface area (Å²) in [4.78, 5) is 10.9. The van der Waals surface area contributed by atoms with E-state index in [4.69, 9.17) is 0 Å². The maximum atomic E-state index is 12.2. The van der Waals surface area contributed by atoms with E-state index in [0.717, 1.165) is 12.8 Å². The standard InChI is InChI=1S/C13H14F3IN2O3S/c14-13(15,16)12(20)18-11-4-3-9(7-10(11)17)8-23(21,22)19-5-1-2-6-19/h3-4,7H,1-2,5-6,8H2,(H,18,20). The van der Waals surface area contributed by atoms with E-state index in [1.807, 2.05) is 0 Å². The number of carbonyl (C=O) groups is 1. The van der Waals surface area contributed by atoms with Crippen LogP contribution in [0.15, 0.2) is 18.2 Å². The van der Waals surface area contributed by atoms with Crippen molar-refractivity contribution in [2.24, 2.45) is 0 Å². The lowest BCUT2D eigenvalue weighted by molar-refractivity contribution is -0.167. The number of carbonyl (C=O) groups excluding carboxylic acids is 1. The van der Waals surface area contributed by atoms with Gasteiger partial charge in [-0.15, -0.1) is 0 Å². The van der Waals surface area contributed by atoms with Crippen LogP contribution in [-0.4, -0.2) is 37.9 Å². The highest BCUT2D eigenvalue weighted by atomic mass is 127. The predicted molar refractivity (Wildman–Crippen MR) is 87.3 cm³/mol. The van der Waals surface area contributed by atoms with Crippen molar-refractivity contribution in [3.05, 3.63) is 27.3 Å². The van der Waals surface area contributed by atoms with Crippen molar-refractivity contribution in [2.75, 3.05) is 18.4 Å². The monoisotopic (exact) mass is 462 g/mol. The molecule has 1 aromatic carbocycles. The summed E-state index contributed by atoms with van der Waals surface area (Å²) in [5, 5.41) is 1.76. The first-order chi connectivity index (χ1) is 10.6. The average Bonchev–Trinajstić information content (AvgIpc) is 2.95. The summed E-state index contributed by atoms with van der Waals surface area (Å²) in [6.45, 7) is 0.998. The summed E-state index contributed by atoms with van der Waals surface area (Å²) in [5.74, 6) is -2.27. The molecule has 1 heterocycles. The molecule has 128 valence electrons. The van der Waals surface area contributed by atoms with Gasteiger partial charge in [0.1, 0.15) is 0 Å². The highest BCUT2D eigenvalue weighted by molar-refractivity contribution is 14.1. The van der Waals surface area contributed by atoms with Crippen LogP contribution in [0.4, 0.5) is 18.9 Å². The second-order valence-electron chi connectivity index (χ2n) is 5.13. The first-order valence-electron chi connectivity index (χ1n) is 6.74. The Balaban J connectivity index is 2.11. The zero-order chi connectivity index (χ0) is 17.3. The summed E-state index contributed by atoms with van der Waals surface area (Å²) in [6, 6.07) is 4.14. The molecule has 0 aromatic heterocycles. The van der Waals surface area contributed by atoms with E-state index >= 15 is 0 Å². The Hall–Kier alpha value is -0.880. The third kappa shape index (κ3) is 4.80. The van der Waals surface area contributed by atoms with E-state index in [1.54, 1.807) is 27.9 Å². The topological polar surface area (TPSA) is 66.5 Å². The van der Waals surface area contributed by atoms with Crippen LogP contribution in [0, 0.1) is 3.57 Å². The van der Waals surface area contributed by atoms with Crippen molar-refractivity contribution in [3.63, 3.8) is 0 Å². The molecule has 0 saturated carbocycles. The van der Waals surface area contributed by atoms with Crippen LogP contribution in [0.1, 0.15) is 18.4 Å². The average molecular weight is 462 g/mol. The van der Waals surface area contributed by atoms with Gasteiger partial charge in [0.15, 0.2) is 0 Å². The van der Waals surface area contributed by atoms with Crippen molar-refractivity contribution in [3.8, 4) is 0 Å². The minimum absolute atomic E-state index is 0.00440. The summed E-state index contributed by atoms with van der Waals surface area (Å²) < 4.78 is 62.9. The molecule has 1 saturated heterocycles. The highest BCUT2D eigenvalue weighted by Gasteiger charge is 2.39. The molecule has 5 nitrogen and oxygen atoms in total. The molecule has 1 aromatic rings. The SMILES string of the molecule is O=C(Nc1ccc(CS(=O)(=O)N2CCCC2)cc1I)C(F)(F)F. The summed E-state index contributed by atoms with van der Waals surface area (Å²) in [7, 11) is -3.43. The van der Waals surface area contributed by atoms with Crippen LogP contribution in [0.3, 0.4) is 0 Å². The molecular formula is C13H14F3IN2O3S. The van der Waals surface area contributed by atoms with Crippen LogP contribution in [0.5, 0.6) is 0 Å². The second-order valence-corrected chi connectivity index (χ2v) is 8.26. The lowest BCUT2D eigenvalue weighted by Gasteiger charge is -2.16. The third-order valence-corrected chi connectivity index (χ3v) is 6.09. The summed E-state index contributed by atoms with van der Waals surface area (Å²) in [5.41, 5.74) is 0.460. The lowest BCUT2D eigenvalue weighted by Crippen LogP contribution is -2.30. The minimum atomic E-state index is -4.97. The van der Waals surface area contributed by atoms with Crippen LogP contribution in [0.2, 0.25) is 0 Å². The molecule has 0 atom stereocenters. The molecule has 1 N–H and O–H groups in total. The number of amides is 1. The van der Waals surface area contributed by atoms with Crippen LogP contribution in [0.25, 0.3) is 0 Å². The molecule has 2 rings (SSSR count). The Morgan fingerprint density at radius 2 is 1.87 bits per heavy atom. The van der Waals surface area contributed by atoms with E-state index in [0.29, 0.717) is 22.2 Å². The number of hydrogen-bond acceptors (Lipinski definition) is 3. The van der Waals surface area contributed by atoms with Crippen LogP contribution in [-0.2, 0) is 20.6 Å². The Bertz CT molecular complexity index is 701. The molecule has 1 fully saturated rings. The van der Waals surface area contributed by atoms with Gasteiger partial charge in [0.2, 0.25) is 10.0 Å². The van der Waals surface area contributed by atoms with Gasteiger partial charge < -0.3 is 5.32 Å². The fourth-order valence-corrected chi connectivity index (χ4v) is 4.52. The number of halogens is 4. The normalized spacial score (nSPS) is 16.5. The van der Waals surface area contributed by atoms with Crippen molar-refractivity contribution in [2.45, 2.75) is 24.8 Å². The number of nitrogens with zero attached hydrogens (tertiary/aromatic N) is 1. The smallest absolute Gasteiger partial charge is 0.317 e. The number of alkyl halides is 3. The number of hydrogen-bond donors (Lipinski definition) is 1. The highest BCUT2D eigenvalue weighted by Crippen LogP contribution is 2.25. The largest absolute Gasteiger partial charge is 0.471 e. The molecule has 1 aliphatic heterocycles. The van der Waals surface area contributed by atoms with E-state index < -0.39 is 22.1 Å². The molecule has 0 radical (unpaired) electrons. The number of sulfonamides is 1. The van der Waals surface area contributed by atoms with Gasteiger partial charge in [-0.1, -0.05) is 6.07 Å². The molecule has 1 aliphatic rings. The van der Waals surface area contributed by atoms with Gasteiger partial charge >= 0.3 is 12.1 Å². The Kier molecular flexibility index (Phi) is 5.56. The first kappa shape index (κ1) is 18.5. The van der Waals surface area contributed by atoms with Gasteiger partial charge in [-0.05, 0) is 53.1 Å². The Labute approximate surface area is 145 Å². The molecule has 0 bridgehead atoms. The van der Waals surface area contributed by atoms with E-state index in [9.17, 15) is 26.4 Å². The van der Waals surface area contributed by atoms with Crippen molar-refractivity contribution < 1.29 is 26.4 Å².